The molecule has 1 heterocycles. The van der Waals surface area contributed by atoms with Gasteiger partial charge in [0.25, 0.3) is 0 Å². The van der Waals surface area contributed by atoms with Crippen molar-refractivity contribution in [2.24, 2.45) is 10.7 Å². The van der Waals surface area contributed by atoms with E-state index in [-0.39, 0.29) is 6.10 Å². The van der Waals surface area contributed by atoms with Gasteiger partial charge in [0.1, 0.15) is 11.9 Å². The molecule has 5 nitrogen and oxygen atoms in total. The Morgan fingerprint density at radius 1 is 1.27 bits per heavy atom. The van der Waals surface area contributed by atoms with Gasteiger partial charge in [0, 0.05) is 17.7 Å². The molecule has 0 aromatic heterocycles. The van der Waals surface area contributed by atoms with Crippen LogP contribution < -0.4 is 15.8 Å². The van der Waals surface area contributed by atoms with Crippen LogP contribution in [0.5, 0.6) is 5.75 Å². The standard InChI is InChI=1S/C21H27N3O2/c1-3-16-5-8-18(9-6-16)24-21(22)23-13-17-7-4-15(2)12-20(17)26-19-10-11-25-14-19/h4-9,12,19H,3,10-11,13-14H2,1-2H3,(H3,22,23,24). The number of aliphatic imine (C=N–C) groups is 1. The molecule has 26 heavy (non-hydrogen) atoms. The summed E-state index contributed by atoms with van der Waals surface area (Å²) in [4.78, 5) is 4.47. The number of ether oxygens (including phenoxy) is 2. The van der Waals surface area contributed by atoms with E-state index in [1.165, 1.54) is 5.56 Å². The Morgan fingerprint density at radius 3 is 2.77 bits per heavy atom. The van der Waals surface area contributed by atoms with Crippen molar-refractivity contribution in [1.82, 2.24) is 0 Å². The molecule has 3 N–H and O–H groups in total. The van der Waals surface area contributed by atoms with Crippen LogP contribution in [0.25, 0.3) is 0 Å². The normalized spacial score (nSPS) is 17.3. The zero-order valence-electron chi connectivity index (χ0n) is 15.5. The first-order chi connectivity index (χ1) is 12.6. The van der Waals surface area contributed by atoms with Crippen molar-refractivity contribution in [3.63, 3.8) is 0 Å². The molecular formula is C21H27N3O2. The predicted molar refractivity (Wildman–Crippen MR) is 106 cm³/mol. The highest BCUT2D eigenvalue weighted by atomic mass is 16.5. The number of anilines is 1. The third-order valence-corrected chi connectivity index (χ3v) is 4.46. The van der Waals surface area contributed by atoms with Crippen LogP contribution in [0, 0.1) is 6.92 Å². The fourth-order valence-corrected chi connectivity index (χ4v) is 2.87. The van der Waals surface area contributed by atoms with Crippen molar-refractivity contribution in [2.45, 2.75) is 39.3 Å². The fraction of sp³-hybridized carbons (Fsp3) is 0.381. The number of aryl methyl sites for hydroxylation is 2. The molecule has 1 atom stereocenters. The zero-order chi connectivity index (χ0) is 18.4. The van der Waals surface area contributed by atoms with Crippen molar-refractivity contribution in [3.8, 4) is 5.75 Å². The Balaban J connectivity index is 1.65. The highest BCUT2D eigenvalue weighted by Gasteiger charge is 2.18. The number of hydrogen-bond donors (Lipinski definition) is 2. The van der Waals surface area contributed by atoms with Gasteiger partial charge in [-0.2, -0.15) is 0 Å². The summed E-state index contributed by atoms with van der Waals surface area (Å²) in [5.74, 6) is 1.26. The number of nitrogens with one attached hydrogen (secondary N) is 1. The summed E-state index contributed by atoms with van der Waals surface area (Å²) in [6.07, 6.45) is 2.06. The average Bonchev–Trinajstić information content (AvgIpc) is 3.15. The molecule has 0 amide bonds. The molecule has 3 rings (SSSR count). The molecule has 1 unspecified atom stereocenters. The minimum absolute atomic E-state index is 0.118. The Bertz CT molecular complexity index is 750. The summed E-state index contributed by atoms with van der Waals surface area (Å²) in [7, 11) is 0. The molecule has 1 saturated heterocycles. The molecule has 0 saturated carbocycles. The molecular weight excluding hydrogens is 326 g/mol. The summed E-state index contributed by atoms with van der Waals surface area (Å²) >= 11 is 0. The number of guanidine groups is 1. The van der Waals surface area contributed by atoms with E-state index in [4.69, 9.17) is 15.2 Å². The van der Waals surface area contributed by atoms with Crippen LogP contribution in [-0.2, 0) is 17.7 Å². The van der Waals surface area contributed by atoms with Crippen molar-refractivity contribution < 1.29 is 9.47 Å². The summed E-state index contributed by atoms with van der Waals surface area (Å²) in [6.45, 7) is 6.07. The molecule has 0 radical (unpaired) electrons. The van der Waals surface area contributed by atoms with Gasteiger partial charge in [0.2, 0.25) is 0 Å². The maximum Gasteiger partial charge on any atom is 0.193 e. The lowest BCUT2D eigenvalue weighted by atomic mass is 10.1. The summed E-state index contributed by atoms with van der Waals surface area (Å²) in [5, 5.41) is 3.13. The van der Waals surface area contributed by atoms with Gasteiger partial charge in [-0.15, -0.1) is 0 Å². The van der Waals surface area contributed by atoms with Gasteiger partial charge in [0.05, 0.1) is 19.8 Å². The zero-order valence-corrected chi connectivity index (χ0v) is 15.5. The second kappa shape index (κ2) is 8.72. The van der Waals surface area contributed by atoms with E-state index in [0.717, 1.165) is 42.0 Å². The van der Waals surface area contributed by atoms with Gasteiger partial charge >= 0.3 is 0 Å². The third kappa shape index (κ3) is 4.99. The van der Waals surface area contributed by atoms with Gasteiger partial charge in [-0.3, -0.25) is 0 Å². The molecule has 0 spiro atoms. The highest BCUT2D eigenvalue weighted by Crippen LogP contribution is 2.24. The maximum absolute atomic E-state index is 6.11. The van der Waals surface area contributed by atoms with Crippen LogP contribution in [-0.4, -0.2) is 25.3 Å². The molecule has 1 aliphatic heterocycles. The topological polar surface area (TPSA) is 68.9 Å². The van der Waals surface area contributed by atoms with Gasteiger partial charge < -0.3 is 20.5 Å². The monoisotopic (exact) mass is 353 g/mol. The molecule has 1 fully saturated rings. The summed E-state index contributed by atoms with van der Waals surface area (Å²) < 4.78 is 11.5. The fourth-order valence-electron chi connectivity index (χ4n) is 2.87. The van der Waals surface area contributed by atoms with Gasteiger partial charge in [0.15, 0.2) is 5.96 Å². The molecule has 2 aromatic rings. The first-order valence-corrected chi connectivity index (χ1v) is 9.14. The Hall–Kier alpha value is -2.53. The molecule has 0 bridgehead atoms. The van der Waals surface area contributed by atoms with Crippen LogP contribution in [0.15, 0.2) is 47.5 Å². The van der Waals surface area contributed by atoms with Gasteiger partial charge in [-0.1, -0.05) is 31.2 Å². The van der Waals surface area contributed by atoms with Crippen LogP contribution in [0.3, 0.4) is 0 Å². The Labute approximate surface area is 155 Å². The number of rotatable bonds is 6. The highest BCUT2D eigenvalue weighted by molar-refractivity contribution is 5.92. The number of nitrogens with zero attached hydrogens (tertiary/aromatic N) is 1. The van der Waals surface area contributed by atoms with Crippen LogP contribution >= 0.6 is 0 Å². The Morgan fingerprint density at radius 2 is 2.08 bits per heavy atom. The van der Waals surface area contributed by atoms with E-state index in [1.54, 1.807) is 0 Å². The first kappa shape index (κ1) is 18.3. The minimum Gasteiger partial charge on any atom is -0.488 e. The lowest BCUT2D eigenvalue weighted by molar-refractivity contribution is 0.140. The maximum atomic E-state index is 6.11. The predicted octanol–water partition coefficient (Wildman–Crippen LogP) is 3.65. The van der Waals surface area contributed by atoms with Gasteiger partial charge in [-0.25, -0.2) is 4.99 Å². The van der Waals surface area contributed by atoms with Gasteiger partial charge in [-0.05, 0) is 42.7 Å². The van der Waals surface area contributed by atoms with E-state index < -0.39 is 0 Å². The van der Waals surface area contributed by atoms with E-state index in [1.807, 2.05) is 18.2 Å². The third-order valence-electron chi connectivity index (χ3n) is 4.46. The van der Waals surface area contributed by atoms with E-state index in [9.17, 15) is 0 Å². The molecule has 138 valence electrons. The molecule has 5 heteroatoms. The number of nitrogens with two attached hydrogens (primary N) is 1. The average molecular weight is 353 g/mol. The lowest BCUT2D eigenvalue weighted by Crippen LogP contribution is -2.22. The largest absolute Gasteiger partial charge is 0.488 e. The van der Waals surface area contributed by atoms with Crippen molar-refractivity contribution in [3.05, 3.63) is 59.2 Å². The minimum atomic E-state index is 0.118. The Kier molecular flexibility index (Phi) is 6.12. The van der Waals surface area contributed by atoms with Crippen molar-refractivity contribution in [1.29, 1.82) is 0 Å². The SMILES string of the molecule is CCc1ccc(NC(N)=NCc2ccc(C)cc2OC2CCOC2)cc1. The summed E-state index contributed by atoms with van der Waals surface area (Å²) in [5.41, 5.74) is 10.5. The van der Waals surface area contributed by atoms with E-state index in [2.05, 4.69) is 48.4 Å². The molecule has 0 aliphatic carbocycles. The number of benzene rings is 2. The van der Waals surface area contributed by atoms with Crippen LogP contribution in [0.4, 0.5) is 5.69 Å². The van der Waals surface area contributed by atoms with E-state index in [0.29, 0.717) is 19.1 Å². The van der Waals surface area contributed by atoms with E-state index >= 15 is 0 Å². The first-order valence-electron chi connectivity index (χ1n) is 9.14. The van der Waals surface area contributed by atoms with Crippen LogP contribution in [0.1, 0.15) is 30.0 Å². The quantitative estimate of drug-likeness (QED) is 0.614. The molecule has 1 aliphatic rings. The van der Waals surface area contributed by atoms with Crippen molar-refractivity contribution >= 4 is 11.6 Å². The lowest BCUT2D eigenvalue weighted by Gasteiger charge is -2.16. The summed E-state index contributed by atoms with van der Waals surface area (Å²) in [6, 6.07) is 14.4. The smallest absolute Gasteiger partial charge is 0.193 e. The molecule has 2 aromatic carbocycles. The number of hydrogen-bond acceptors (Lipinski definition) is 3. The van der Waals surface area contributed by atoms with Crippen LogP contribution in [0.2, 0.25) is 0 Å². The second-order valence-electron chi connectivity index (χ2n) is 6.59. The van der Waals surface area contributed by atoms with Crippen molar-refractivity contribution in [2.75, 3.05) is 18.5 Å². The second-order valence-corrected chi connectivity index (χ2v) is 6.59.